The van der Waals surface area contributed by atoms with Crippen molar-refractivity contribution in [3.63, 3.8) is 0 Å². The first kappa shape index (κ1) is 14.8. The molecule has 0 aliphatic rings. The van der Waals surface area contributed by atoms with Crippen LogP contribution in [0.1, 0.15) is 11.1 Å². The van der Waals surface area contributed by atoms with E-state index < -0.39 is 23.8 Å². The van der Waals surface area contributed by atoms with Gasteiger partial charge in [-0.05, 0) is 24.1 Å². The van der Waals surface area contributed by atoms with Crippen LogP contribution in [0.15, 0.2) is 18.2 Å². The minimum atomic E-state index is -4.55. The number of rotatable bonds is 3. The maximum atomic E-state index is 12.7. The maximum Gasteiger partial charge on any atom is 0.416 e. The monoisotopic (exact) mass is 281 g/mol. The molecule has 3 nitrogen and oxygen atoms in total. The first-order chi connectivity index (χ1) is 8.25. The number of ether oxygens (including phenoxy) is 1. The summed E-state index contributed by atoms with van der Waals surface area (Å²) in [4.78, 5) is 11.1. The van der Waals surface area contributed by atoms with Crippen LogP contribution in [-0.4, -0.2) is 19.1 Å². The Morgan fingerprint density at radius 1 is 1.50 bits per heavy atom. The molecular weight excluding hydrogens is 271 g/mol. The number of methoxy groups -OCH3 is 1. The molecule has 0 aliphatic heterocycles. The van der Waals surface area contributed by atoms with E-state index in [1.807, 2.05) is 0 Å². The molecular formula is C11H11ClF3NO2. The van der Waals surface area contributed by atoms with Crippen LogP contribution in [0.3, 0.4) is 0 Å². The minimum absolute atomic E-state index is 0.0299. The molecule has 0 radical (unpaired) electrons. The molecule has 0 heterocycles. The van der Waals surface area contributed by atoms with Crippen molar-refractivity contribution < 1.29 is 22.7 Å². The summed E-state index contributed by atoms with van der Waals surface area (Å²) < 4.78 is 42.6. The SMILES string of the molecule is COC(=O)C(N)Cc1ccc(Cl)cc1C(F)(F)F. The van der Waals surface area contributed by atoms with E-state index in [0.717, 1.165) is 13.2 Å². The van der Waals surface area contributed by atoms with Crippen molar-refractivity contribution in [3.8, 4) is 0 Å². The van der Waals surface area contributed by atoms with Gasteiger partial charge < -0.3 is 10.5 Å². The van der Waals surface area contributed by atoms with Gasteiger partial charge in [0.2, 0.25) is 0 Å². The van der Waals surface area contributed by atoms with E-state index in [1.165, 1.54) is 12.1 Å². The lowest BCUT2D eigenvalue weighted by molar-refractivity contribution is -0.143. The van der Waals surface area contributed by atoms with Crippen molar-refractivity contribution in [1.29, 1.82) is 0 Å². The van der Waals surface area contributed by atoms with Crippen LogP contribution in [0.2, 0.25) is 5.02 Å². The third kappa shape index (κ3) is 3.61. The molecule has 0 bridgehead atoms. The van der Waals surface area contributed by atoms with Crippen molar-refractivity contribution >= 4 is 17.6 Å². The Labute approximate surface area is 107 Å². The predicted octanol–water partition coefficient (Wildman–Crippen LogP) is 2.40. The molecule has 0 amide bonds. The molecule has 2 N–H and O–H groups in total. The van der Waals surface area contributed by atoms with Crippen LogP contribution in [0.25, 0.3) is 0 Å². The van der Waals surface area contributed by atoms with E-state index in [1.54, 1.807) is 0 Å². The highest BCUT2D eigenvalue weighted by Crippen LogP contribution is 2.34. The number of benzene rings is 1. The number of halogens is 4. The zero-order valence-corrected chi connectivity index (χ0v) is 10.2. The van der Waals surface area contributed by atoms with E-state index in [-0.39, 0.29) is 17.0 Å². The highest BCUT2D eigenvalue weighted by molar-refractivity contribution is 6.30. The third-order valence-corrected chi connectivity index (χ3v) is 2.56. The average Bonchev–Trinajstić information content (AvgIpc) is 2.28. The summed E-state index contributed by atoms with van der Waals surface area (Å²) in [5, 5.41) is -0.0299. The Hall–Kier alpha value is -1.27. The zero-order chi connectivity index (χ0) is 13.9. The summed E-state index contributed by atoms with van der Waals surface area (Å²) in [6.07, 6.45) is -4.81. The Morgan fingerprint density at radius 2 is 2.11 bits per heavy atom. The Balaban J connectivity index is 3.06. The topological polar surface area (TPSA) is 52.3 Å². The smallest absolute Gasteiger partial charge is 0.416 e. The first-order valence-corrected chi connectivity index (χ1v) is 5.32. The van der Waals surface area contributed by atoms with Crippen molar-refractivity contribution in [2.45, 2.75) is 18.6 Å². The molecule has 0 fully saturated rings. The second kappa shape index (κ2) is 5.58. The largest absolute Gasteiger partial charge is 0.468 e. The second-order valence-electron chi connectivity index (χ2n) is 3.63. The molecule has 100 valence electrons. The first-order valence-electron chi connectivity index (χ1n) is 4.94. The quantitative estimate of drug-likeness (QED) is 0.866. The van der Waals surface area contributed by atoms with Gasteiger partial charge in [0, 0.05) is 5.02 Å². The van der Waals surface area contributed by atoms with Crippen molar-refractivity contribution in [3.05, 3.63) is 34.3 Å². The lowest BCUT2D eigenvalue weighted by Crippen LogP contribution is -2.34. The van der Waals surface area contributed by atoms with Gasteiger partial charge in [0.1, 0.15) is 6.04 Å². The fourth-order valence-corrected chi connectivity index (χ4v) is 1.63. The molecule has 18 heavy (non-hydrogen) atoms. The fourth-order valence-electron chi connectivity index (χ4n) is 1.46. The van der Waals surface area contributed by atoms with Gasteiger partial charge in [-0.15, -0.1) is 0 Å². The number of carbonyl (C=O) groups is 1. The number of esters is 1. The van der Waals surface area contributed by atoms with Gasteiger partial charge in [0.25, 0.3) is 0 Å². The molecule has 1 rings (SSSR count). The number of hydrogen-bond acceptors (Lipinski definition) is 3. The minimum Gasteiger partial charge on any atom is -0.468 e. The number of hydrogen-bond donors (Lipinski definition) is 1. The van der Waals surface area contributed by atoms with E-state index in [4.69, 9.17) is 17.3 Å². The standard InChI is InChI=1S/C11H11ClF3NO2/c1-18-10(17)9(16)4-6-2-3-7(12)5-8(6)11(13,14)15/h2-3,5,9H,4,16H2,1H3. The van der Waals surface area contributed by atoms with Crippen LogP contribution < -0.4 is 5.73 Å². The Morgan fingerprint density at radius 3 is 2.61 bits per heavy atom. The molecule has 0 saturated heterocycles. The summed E-state index contributed by atoms with van der Waals surface area (Å²) in [5.74, 6) is -0.766. The molecule has 0 spiro atoms. The summed E-state index contributed by atoms with van der Waals surface area (Å²) in [6.45, 7) is 0. The Bertz CT molecular complexity index is 448. The van der Waals surface area contributed by atoms with Crippen LogP contribution in [0.5, 0.6) is 0 Å². The van der Waals surface area contributed by atoms with Gasteiger partial charge in [-0.2, -0.15) is 13.2 Å². The Kier molecular flexibility index (Phi) is 4.59. The summed E-state index contributed by atoms with van der Waals surface area (Å²) in [6, 6.07) is 2.18. The molecule has 1 aromatic rings. The predicted molar refractivity (Wildman–Crippen MR) is 60.1 cm³/mol. The molecule has 1 atom stereocenters. The second-order valence-corrected chi connectivity index (χ2v) is 4.07. The van der Waals surface area contributed by atoms with Gasteiger partial charge in [-0.1, -0.05) is 17.7 Å². The fraction of sp³-hybridized carbons (Fsp3) is 0.364. The van der Waals surface area contributed by atoms with E-state index in [9.17, 15) is 18.0 Å². The van der Waals surface area contributed by atoms with E-state index in [0.29, 0.717) is 0 Å². The van der Waals surface area contributed by atoms with Crippen LogP contribution >= 0.6 is 11.6 Å². The molecule has 0 aromatic heterocycles. The van der Waals surface area contributed by atoms with Crippen molar-refractivity contribution in [1.82, 2.24) is 0 Å². The maximum absolute atomic E-state index is 12.7. The normalized spacial score (nSPS) is 13.2. The lowest BCUT2D eigenvalue weighted by atomic mass is 10.0. The van der Waals surface area contributed by atoms with E-state index in [2.05, 4.69) is 4.74 Å². The third-order valence-electron chi connectivity index (χ3n) is 2.32. The highest BCUT2D eigenvalue weighted by atomic mass is 35.5. The summed E-state index contributed by atoms with van der Waals surface area (Å²) >= 11 is 5.53. The van der Waals surface area contributed by atoms with Crippen molar-refractivity contribution in [2.75, 3.05) is 7.11 Å². The lowest BCUT2D eigenvalue weighted by Gasteiger charge is -2.15. The molecule has 7 heteroatoms. The van der Waals surface area contributed by atoms with Crippen LogP contribution in [0, 0.1) is 0 Å². The van der Waals surface area contributed by atoms with Crippen LogP contribution in [-0.2, 0) is 22.1 Å². The highest BCUT2D eigenvalue weighted by Gasteiger charge is 2.34. The zero-order valence-electron chi connectivity index (χ0n) is 9.42. The van der Waals surface area contributed by atoms with Crippen molar-refractivity contribution in [2.24, 2.45) is 5.73 Å². The van der Waals surface area contributed by atoms with Gasteiger partial charge in [0.15, 0.2) is 0 Å². The van der Waals surface area contributed by atoms with Gasteiger partial charge in [-0.3, -0.25) is 4.79 Å². The van der Waals surface area contributed by atoms with Gasteiger partial charge >= 0.3 is 12.1 Å². The molecule has 1 unspecified atom stereocenters. The number of alkyl halides is 3. The van der Waals surface area contributed by atoms with Crippen LogP contribution in [0.4, 0.5) is 13.2 Å². The summed E-state index contributed by atoms with van der Waals surface area (Å²) in [7, 11) is 1.12. The number of carbonyl (C=O) groups excluding carboxylic acids is 1. The van der Waals surface area contributed by atoms with Gasteiger partial charge in [0.05, 0.1) is 12.7 Å². The molecule has 0 saturated carbocycles. The molecule has 0 aliphatic carbocycles. The summed E-state index contributed by atoms with van der Waals surface area (Å²) in [5.41, 5.74) is 4.45. The number of nitrogens with two attached hydrogens (primary N) is 1. The van der Waals surface area contributed by atoms with Gasteiger partial charge in [-0.25, -0.2) is 0 Å². The average molecular weight is 282 g/mol. The van der Waals surface area contributed by atoms with E-state index >= 15 is 0 Å². The molecule has 1 aromatic carbocycles.